The first kappa shape index (κ1) is 63.1. The first-order chi connectivity index (χ1) is 32.5. The van der Waals surface area contributed by atoms with Crippen molar-refractivity contribution in [1.82, 2.24) is 0 Å². The van der Waals surface area contributed by atoms with E-state index in [1.165, 1.54) is 154 Å². The molecule has 6 nitrogen and oxygen atoms in total. The molecule has 382 valence electrons. The lowest BCUT2D eigenvalue weighted by Crippen LogP contribution is -2.30. The van der Waals surface area contributed by atoms with E-state index in [1.807, 2.05) is 0 Å². The van der Waals surface area contributed by atoms with Crippen molar-refractivity contribution in [2.24, 2.45) is 0 Å². The van der Waals surface area contributed by atoms with Crippen LogP contribution in [0.5, 0.6) is 0 Å². The molecule has 0 radical (unpaired) electrons. The van der Waals surface area contributed by atoms with Gasteiger partial charge in [0.15, 0.2) is 6.10 Å². The van der Waals surface area contributed by atoms with Gasteiger partial charge in [-0.05, 0) is 64.2 Å². The van der Waals surface area contributed by atoms with Crippen LogP contribution < -0.4 is 0 Å². The lowest BCUT2D eigenvalue weighted by atomic mass is 10.0. The third-order valence-corrected chi connectivity index (χ3v) is 12.3. The van der Waals surface area contributed by atoms with E-state index >= 15 is 0 Å². The predicted molar refractivity (Wildman–Crippen MR) is 284 cm³/mol. The highest BCUT2D eigenvalue weighted by molar-refractivity contribution is 5.71. The monoisotopic (exact) mass is 923 g/mol. The summed E-state index contributed by atoms with van der Waals surface area (Å²) in [5.41, 5.74) is 0. The minimum Gasteiger partial charge on any atom is -0.462 e. The van der Waals surface area contributed by atoms with Crippen molar-refractivity contribution in [1.29, 1.82) is 0 Å². The number of hydrogen-bond donors (Lipinski definition) is 0. The van der Waals surface area contributed by atoms with Gasteiger partial charge in [0.1, 0.15) is 13.2 Å². The summed E-state index contributed by atoms with van der Waals surface area (Å²) >= 11 is 0. The van der Waals surface area contributed by atoms with Crippen LogP contribution in [0.15, 0.2) is 60.8 Å². The molecule has 66 heavy (non-hydrogen) atoms. The molecular formula is C60H106O6. The zero-order valence-electron chi connectivity index (χ0n) is 43.7. The molecule has 6 heteroatoms. The second-order valence-electron chi connectivity index (χ2n) is 18.8. The Morgan fingerprint density at radius 1 is 0.318 bits per heavy atom. The fourth-order valence-electron chi connectivity index (χ4n) is 8.06. The largest absolute Gasteiger partial charge is 0.462 e. The van der Waals surface area contributed by atoms with Crippen molar-refractivity contribution in [3.63, 3.8) is 0 Å². The molecule has 0 fully saturated rings. The van der Waals surface area contributed by atoms with E-state index in [-0.39, 0.29) is 31.1 Å². The van der Waals surface area contributed by atoms with Crippen LogP contribution in [0.2, 0.25) is 0 Å². The molecule has 0 aliphatic rings. The molecule has 0 heterocycles. The number of ether oxygens (including phenoxy) is 3. The van der Waals surface area contributed by atoms with E-state index in [2.05, 4.69) is 81.5 Å². The Morgan fingerprint density at radius 2 is 0.591 bits per heavy atom. The van der Waals surface area contributed by atoms with E-state index in [1.54, 1.807) is 0 Å². The third kappa shape index (κ3) is 52.1. The van der Waals surface area contributed by atoms with Crippen LogP contribution in [-0.2, 0) is 28.6 Å². The van der Waals surface area contributed by atoms with E-state index in [0.717, 1.165) is 89.9 Å². The molecule has 0 spiro atoms. The summed E-state index contributed by atoms with van der Waals surface area (Å²) in [6, 6.07) is 0. The normalized spacial score (nSPS) is 12.5. The lowest BCUT2D eigenvalue weighted by Gasteiger charge is -2.18. The van der Waals surface area contributed by atoms with Gasteiger partial charge < -0.3 is 14.2 Å². The van der Waals surface area contributed by atoms with Gasteiger partial charge in [0, 0.05) is 19.3 Å². The Morgan fingerprint density at radius 3 is 0.924 bits per heavy atom. The van der Waals surface area contributed by atoms with Crippen LogP contribution >= 0.6 is 0 Å². The summed E-state index contributed by atoms with van der Waals surface area (Å²) in [4.78, 5) is 37.9. The standard InChI is InChI=1S/C60H106O6/c1-4-7-10-13-16-18-20-22-24-25-26-27-28-29-30-31-32-33-34-35-36-38-39-41-44-47-50-53-59(62)65-56-57(55-64-58(61)52-49-46-43-15-12-9-6-3)66-60(63)54-51-48-45-42-40-37-23-21-19-17-14-11-8-5-2/h7,10,16,18,22,24,26-27,29-30,57H,4-6,8-9,11-15,17,19-21,23,25,28,31-56H2,1-3H3/b10-7-,18-16-,24-22-,27-26-,30-29-. The van der Waals surface area contributed by atoms with E-state index in [4.69, 9.17) is 14.2 Å². The van der Waals surface area contributed by atoms with Crippen LogP contribution in [0, 0.1) is 0 Å². The number of hydrogen-bond acceptors (Lipinski definition) is 6. The van der Waals surface area contributed by atoms with Gasteiger partial charge in [0.25, 0.3) is 0 Å². The molecule has 0 aromatic heterocycles. The van der Waals surface area contributed by atoms with E-state index in [9.17, 15) is 14.4 Å². The van der Waals surface area contributed by atoms with Crippen molar-refractivity contribution in [3.8, 4) is 0 Å². The minimum atomic E-state index is -0.769. The highest BCUT2D eigenvalue weighted by Crippen LogP contribution is 2.16. The summed E-state index contributed by atoms with van der Waals surface area (Å²) in [5, 5.41) is 0. The first-order valence-electron chi connectivity index (χ1n) is 28.3. The van der Waals surface area contributed by atoms with E-state index < -0.39 is 6.10 Å². The van der Waals surface area contributed by atoms with Crippen molar-refractivity contribution in [2.45, 2.75) is 290 Å². The van der Waals surface area contributed by atoms with Crippen molar-refractivity contribution < 1.29 is 28.6 Å². The van der Waals surface area contributed by atoms with Crippen LogP contribution in [0.1, 0.15) is 284 Å². The maximum Gasteiger partial charge on any atom is 0.306 e. The van der Waals surface area contributed by atoms with Gasteiger partial charge >= 0.3 is 17.9 Å². The SMILES string of the molecule is CC/C=C\C/C=C\C/C=C\C/C=C\C/C=C\CCCCCCCCCCCCCC(=O)OCC(COC(=O)CCCCCCCCC)OC(=O)CCCCCCCCCCCCCCCC. The molecule has 0 rings (SSSR count). The number of carbonyl (C=O) groups excluding carboxylic acids is 3. The average Bonchev–Trinajstić information content (AvgIpc) is 3.31. The molecule has 0 bridgehead atoms. The van der Waals surface area contributed by atoms with Crippen LogP contribution in [-0.4, -0.2) is 37.2 Å². The van der Waals surface area contributed by atoms with Crippen molar-refractivity contribution >= 4 is 17.9 Å². The molecule has 1 unspecified atom stereocenters. The first-order valence-corrected chi connectivity index (χ1v) is 28.3. The Hall–Kier alpha value is -2.89. The smallest absolute Gasteiger partial charge is 0.306 e. The molecule has 0 saturated carbocycles. The van der Waals surface area contributed by atoms with Crippen molar-refractivity contribution in [2.75, 3.05) is 13.2 Å². The van der Waals surface area contributed by atoms with Crippen LogP contribution in [0.3, 0.4) is 0 Å². The summed E-state index contributed by atoms with van der Waals surface area (Å²) in [6.45, 7) is 6.50. The highest BCUT2D eigenvalue weighted by atomic mass is 16.6. The molecule has 0 N–H and O–H groups in total. The molecule has 0 saturated heterocycles. The zero-order chi connectivity index (χ0) is 47.9. The van der Waals surface area contributed by atoms with Crippen LogP contribution in [0.25, 0.3) is 0 Å². The number of carbonyl (C=O) groups is 3. The molecule has 0 amide bonds. The molecule has 1 atom stereocenters. The molecule has 0 aromatic rings. The van der Waals surface area contributed by atoms with Gasteiger partial charge in [0.05, 0.1) is 0 Å². The Bertz CT molecular complexity index is 1200. The summed E-state index contributed by atoms with van der Waals surface area (Å²) < 4.78 is 16.8. The lowest BCUT2D eigenvalue weighted by molar-refractivity contribution is -0.167. The number of esters is 3. The minimum absolute atomic E-state index is 0.0712. The van der Waals surface area contributed by atoms with Gasteiger partial charge in [-0.3, -0.25) is 14.4 Å². The van der Waals surface area contributed by atoms with Crippen molar-refractivity contribution in [3.05, 3.63) is 60.8 Å². The fraction of sp³-hybridized carbons (Fsp3) is 0.783. The van der Waals surface area contributed by atoms with Gasteiger partial charge in [-0.2, -0.15) is 0 Å². The van der Waals surface area contributed by atoms with Gasteiger partial charge in [-0.1, -0.05) is 261 Å². The second kappa shape index (κ2) is 54.7. The number of rotatable bonds is 51. The number of allylic oxidation sites excluding steroid dienone is 10. The van der Waals surface area contributed by atoms with Gasteiger partial charge in [0.2, 0.25) is 0 Å². The molecule has 0 aromatic carbocycles. The average molecular weight is 924 g/mol. The predicted octanol–water partition coefficient (Wildman–Crippen LogP) is 18.8. The summed E-state index contributed by atoms with van der Waals surface area (Å²) in [5.74, 6) is -0.870. The summed E-state index contributed by atoms with van der Waals surface area (Å²) in [7, 11) is 0. The molecule has 0 aliphatic heterocycles. The fourth-order valence-corrected chi connectivity index (χ4v) is 8.06. The second-order valence-corrected chi connectivity index (χ2v) is 18.8. The van der Waals surface area contributed by atoms with Gasteiger partial charge in [-0.25, -0.2) is 0 Å². The Balaban J connectivity index is 4.12. The Kier molecular flexibility index (Phi) is 52.3. The third-order valence-electron chi connectivity index (χ3n) is 12.3. The zero-order valence-corrected chi connectivity index (χ0v) is 43.7. The number of unbranched alkanes of at least 4 members (excludes halogenated alkanes) is 30. The maximum absolute atomic E-state index is 12.8. The quantitative estimate of drug-likeness (QED) is 0.0262. The molecule has 0 aliphatic carbocycles. The Labute approximate surface area is 409 Å². The topological polar surface area (TPSA) is 78.9 Å². The van der Waals surface area contributed by atoms with E-state index in [0.29, 0.717) is 19.3 Å². The maximum atomic E-state index is 12.8. The highest BCUT2D eigenvalue weighted by Gasteiger charge is 2.19. The van der Waals surface area contributed by atoms with Gasteiger partial charge in [-0.15, -0.1) is 0 Å². The van der Waals surface area contributed by atoms with Crippen LogP contribution in [0.4, 0.5) is 0 Å². The summed E-state index contributed by atoms with van der Waals surface area (Å²) in [6.07, 6.45) is 68.1. The molecular weight excluding hydrogens is 817 g/mol.